The van der Waals surface area contributed by atoms with Crippen LogP contribution in [0.4, 0.5) is 5.69 Å². The van der Waals surface area contributed by atoms with Gasteiger partial charge in [-0.1, -0.05) is 19.3 Å². The third-order valence-corrected chi connectivity index (χ3v) is 4.79. The number of carboxylic acids is 1. The zero-order valence-electron chi connectivity index (χ0n) is 13.8. The Hall–Kier alpha value is -2.04. The van der Waals surface area contributed by atoms with E-state index in [1.54, 1.807) is 31.2 Å². The topological polar surface area (TPSA) is 69.7 Å². The first-order chi connectivity index (χ1) is 11.0. The second-order valence-corrected chi connectivity index (χ2v) is 6.44. The van der Waals surface area contributed by atoms with Crippen molar-refractivity contribution in [2.75, 3.05) is 19.1 Å². The van der Waals surface area contributed by atoms with Gasteiger partial charge in [0.1, 0.15) is 5.75 Å². The molecule has 0 unspecified atom stereocenters. The molecule has 1 fully saturated rings. The molecule has 0 saturated heterocycles. The van der Waals surface area contributed by atoms with Gasteiger partial charge >= 0.3 is 0 Å². The van der Waals surface area contributed by atoms with E-state index in [4.69, 9.17) is 4.74 Å². The molecule has 1 aliphatic carbocycles. The minimum Gasteiger partial charge on any atom is -0.550 e. The van der Waals surface area contributed by atoms with Gasteiger partial charge in [-0.3, -0.25) is 4.79 Å². The highest BCUT2D eigenvalue weighted by atomic mass is 16.5. The van der Waals surface area contributed by atoms with Gasteiger partial charge < -0.3 is 19.5 Å². The third kappa shape index (κ3) is 4.47. The molecule has 0 aromatic heterocycles. The zero-order valence-corrected chi connectivity index (χ0v) is 13.8. The summed E-state index contributed by atoms with van der Waals surface area (Å²) in [6, 6.07) is 7.25. The summed E-state index contributed by atoms with van der Waals surface area (Å²) in [5.74, 6) is -0.389. The van der Waals surface area contributed by atoms with Crippen molar-refractivity contribution in [3.8, 4) is 5.75 Å². The molecule has 1 aromatic carbocycles. The highest BCUT2D eigenvalue weighted by Gasteiger charge is 2.35. The molecule has 2 rings (SSSR count). The van der Waals surface area contributed by atoms with Gasteiger partial charge in [-0.25, -0.2) is 0 Å². The predicted molar refractivity (Wildman–Crippen MR) is 86.2 cm³/mol. The molecule has 126 valence electrons. The first kappa shape index (κ1) is 17.3. The number of anilines is 1. The van der Waals surface area contributed by atoms with E-state index in [9.17, 15) is 14.7 Å². The number of carboxylic acid groups (broad SMARTS) is 1. The SMILES string of the molecule is COc1ccc(N(C)C(=O)CC2(CC(=O)[O-])CCCCC2)cc1. The lowest BCUT2D eigenvalue weighted by atomic mass is 9.69. The monoisotopic (exact) mass is 318 g/mol. The molecule has 1 aliphatic rings. The molecular formula is C18H24NO4-. The Bertz CT molecular complexity index is 547. The summed E-state index contributed by atoms with van der Waals surface area (Å²) in [6.45, 7) is 0. The first-order valence-corrected chi connectivity index (χ1v) is 8.06. The quantitative estimate of drug-likeness (QED) is 0.806. The summed E-state index contributed by atoms with van der Waals surface area (Å²) >= 11 is 0. The molecule has 0 N–H and O–H groups in total. The highest BCUT2D eigenvalue weighted by Crippen LogP contribution is 2.42. The standard InChI is InChI=1S/C18H25NO4/c1-19(14-6-8-15(23-2)9-7-14)16(20)12-18(13-17(21)22)10-4-3-5-11-18/h6-9H,3-5,10-13H2,1-2H3,(H,21,22)/p-1. The number of nitrogens with zero attached hydrogens (tertiary/aromatic N) is 1. The van der Waals surface area contributed by atoms with E-state index >= 15 is 0 Å². The number of rotatable bonds is 6. The van der Waals surface area contributed by atoms with Crippen LogP contribution in [0.2, 0.25) is 0 Å². The van der Waals surface area contributed by atoms with Crippen molar-refractivity contribution >= 4 is 17.6 Å². The van der Waals surface area contributed by atoms with E-state index in [2.05, 4.69) is 0 Å². The molecule has 0 heterocycles. The van der Waals surface area contributed by atoms with Crippen molar-refractivity contribution in [1.82, 2.24) is 0 Å². The van der Waals surface area contributed by atoms with Crippen LogP contribution in [0.5, 0.6) is 5.75 Å². The Balaban J connectivity index is 2.08. The van der Waals surface area contributed by atoms with Crippen LogP contribution in [0.15, 0.2) is 24.3 Å². The number of carbonyl (C=O) groups excluding carboxylic acids is 2. The van der Waals surface area contributed by atoms with Crippen LogP contribution in [-0.2, 0) is 9.59 Å². The van der Waals surface area contributed by atoms with Crippen LogP contribution < -0.4 is 14.7 Å². The molecule has 0 atom stereocenters. The fourth-order valence-corrected chi connectivity index (χ4v) is 3.41. The van der Waals surface area contributed by atoms with Gasteiger partial charge in [0.05, 0.1) is 7.11 Å². The molecule has 0 aliphatic heterocycles. The summed E-state index contributed by atoms with van der Waals surface area (Å²) in [6.07, 6.45) is 4.85. The molecule has 1 aromatic rings. The van der Waals surface area contributed by atoms with Crippen molar-refractivity contribution in [3.63, 3.8) is 0 Å². The maximum Gasteiger partial charge on any atom is 0.227 e. The number of aliphatic carboxylic acids is 1. The van der Waals surface area contributed by atoms with Gasteiger partial charge in [-0.05, 0) is 48.9 Å². The fraction of sp³-hybridized carbons (Fsp3) is 0.556. The second-order valence-electron chi connectivity index (χ2n) is 6.44. The molecule has 0 radical (unpaired) electrons. The van der Waals surface area contributed by atoms with Gasteiger partial charge in [0, 0.05) is 25.1 Å². The van der Waals surface area contributed by atoms with Gasteiger partial charge in [-0.15, -0.1) is 0 Å². The minimum atomic E-state index is -1.06. The largest absolute Gasteiger partial charge is 0.550 e. The average Bonchev–Trinajstić information content (AvgIpc) is 2.54. The van der Waals surface area contributed by atoms with Crippen LogP contribution in [0.3, 0.4) is 0 Å². The lowest BCUT2D eigenvalue weighted by Crippen LogP contribution is -2.39. The average molecular weight is 318 g/mol. The second kappa shape index (κ2) is 7.49. The Kier molecular flexibility index (Phi) is 5.64. The normalized spacial score (nSPS) is 16.6. The Morgan fingerprint density at radius 1 is 1.13 bits per heavy atom. The van der Waals surface area contributed by atoms with Crippen LogP contribution in [0, 0.1) is 5.41 Å². The van der Waals surface area contributed by atoms with Gasteiger partial charge in [0.2, 0.25) is 5.91 Å². The number of ether oxygens (including phenoxy) is 1. The molecule has 1 amide bonds. The number of carbonyl (C=O) groups is 2. The van der Waals surface area contributed by atoms with Gasteiger partial charge in [0.15, 0.2) is 0 Å². The minimum absolute atomic E-state index is 0.0325. The van der Waals surface area contributed by atoms with E-state index in [0.29, 0.717) is 0 Å². The van der Waals surface area contributed by atoms with E-state index < -0.39 is 11.4 Å². The van der Waals surface area contributed by atoms with E-state index in [-0.39, 0.29) is 18.7 Å². The molecular weight excluding hydrogens is 294 g/mol. The van der Waals surface area contributed by atoms with E-state index in [1.807, 2.05) is 12.1 Å². The number of methoxy groups -OCH3 is 1. The smallest absolute Gasteiger partial charge is 0.227 e. The van der Waals surface area contributed by atoms with Crippen LogP contribution >= 0.6 is 0 Å². The lowest BCUT2D eigenvalue weighted by molar-refractivity contribution is -0.308. The number of amides is 1. The Morgan fingerprint density at radius 2 is 1.74 bits per heavy atom. The summed E-state index contributed by atoms with van der Waals surface area (Å²) < 4.78 is 5.12. The number of hydrogen-bond donors (Lipinski definition) is 0. The van der Waals surface area contributed by atoms with Crippen LogP contribution in [0.25, 0.3) is 0 Å². The number of hydrogen-bond acceptors (Lipinski definition) is 4. The van der Waals surface area contributed by atoms with Crippen molar-refractivity contribution in [2.24, 2.45) is 5.41 Å². The van der Waals surface area contributed by atoms with E-state index in [1.165, 1.54) is 0 Å². The fourth-order valence-electron chi connectivity index (χ4n) is 3.41. The molecule has 5 nitrogen and oxygen atoms in total. The predicted octanol–water partition coefficient (Wildman–Crippen LogP) is 2.14. The summed E-state index contributed by atoms with van der Waals surface area (Å²) in [5.41, 5.74) is 0.324. The molecule has 1 saturated carbocycles. The summed E-state index contributed by atoms with van der Waals surface area (Å²) in [7, 11) is 3.32. The maximum atomic E-state index is 12.6. The van der Waals surface area contributed by atoms with E-state index in [0.717, 1.165) is 43.5 Å². The van der Waals surface area contributed by atoms with Crippen molar-refractivity contribution in [2.45, 2.75) is 44.9 Å². The summed E-state index contributed by atoms with van der Waals surface area (Å²) in [5, 5.41) is 11.1. The molecule has 0 bridgehead atoms. The van der Waals surface area contributed by atoms with Crippen molar-refractivity contribution in [1.29, 1.82) is 0 Å². The van der Waals surface area contributed by atoms with Gasteiger partial charge in [0.25, 0.3) is 0 Å². The number of benzene rings is 1. The van der Waals surface area contributed by atoms with Crippen LogP contribution in [0.1, 0.15) is 44.9 Å². The van der Waals surface area contributed by atoms with Crippen molar-refractivity contribution < 1.29 is 19.4 Å². The van der Waals surface area contributed by atoms with Gasteiger partial charge in [-0.2, -0.15) is 0 Å². The summed E-state index contributed by atoms with van der Waals surface area (Å²) in [4.78, 5) is 25.3. The maximum absolute atomic E-state index is 12.6. The van der Waals surface area contributed by atoms with Crippen LogP contribution in [-0.4, -0.2) is 26.0 Å². The third-order valence-electron chi connectivity index (χ3n) is 4.79. The highest BCUT2D eigenvalue weighted by molar-refractivity contribution is 5.93. The van der Waals surface area contributed by atoms with Crippen molar-refractivity contribution in [3.05, 3.63) is 24.3 Å². The Labute approximate surface area is 137 Å². The molecule has 5 heteroatoms. The zero-order chi connectivity index (χ0) is 16.9. The molecule has 23 heavy (non-hydrogen) atoms. The first-order valence-electron chi connectivity index (χ1n) is 8.06. The Morgan fingerprint density at radius 3 is 2.26 bits per heavy atom. The molecule has 0 spiro atoms. The lowest BCUT2D eigenvalue weighted by Gasteiger charge is -2.38.